The molecule has 0 bridgehead atoms. The zero-order chi connectivity index (χ0) is 19.3. The second-order valence-electron chi connectivity index (χ2n) is 7.87. The van der Waals surface area contributed by atoms with E-state index in [1.54, 1.807) is 0 Å². The molecule has 0 atom stereocenters. The van der Waals surface area contributed by atoms with E-state index in [1.165, 1.54) is 96.3 Å². The van der Waals surface area contributed by atoms with Crippen LogP contribution in [0.3, 0.4) is 0 Å². The van der Waals surface area contributed by atoms with Gasteiger partial charge in [-0.3, -0.25) is 0 Å². The standard InChI is InChI=1S/C24H50O2/c1-5-9-11-13-15-17-19-21-23-24(25-7-3,26-8-4)22-20-18-16-14-12-10-6-2/h5-23H2,1-4H3. The summed E-state index contributed by atoms with van der Waals surface area (Å²) in [4.78, 5) is 0. The lowest BCUT2D eigenvalue weighted by Gasteiger charge is -2.33. The molecule has 0 aliphatic carbocycles. The Morgan fingerprint density at radius 3 is 1.04 bits per heavy atom. The summed E-state index contributed by atoms with van der Waals surface area (Å²) in [6.07, 6.45) is 22.5. The summed E-state index contributed by atoms with van der Waals surface area (Å²) in [5, 5.41) is 0. The Kier molecular flexibility index (Phi) is 19.6. The Balaban J connectivity index is 4.03. The average molecular weight is 371 g/mol. The van der Waals surface area contributed by atoms with Gasteiger partial charge in [0.1, 0.15) is 0 Å². The summed E-state index contributed by atoms with van der Waals surface area (Å²) < 4.78 is 12.3. The molecular formula is C24H50O2. The molecule has 0 aromatic carbocycles. The molecule has 0 spiro atoms. The summed E-state index contributed by atoms with van der Waals surface area (Å²) in [5.74, 6) is -0.310. The lowest BCUT2D eigenvalue weighted by atomic mass is 9.98. The van der Waals surface area contributed by atoms with E-state index in [9.17, 15) is 0 Å². The lowest BCUT2D eigenvalue weighted by molar-refractivity contribution is -0.242. The van der Waals surface area contributed by atoms with Crippen LogP contribution < -0.4 is 0 Å². The highest BCUT2D eigenvalue weighted by Gasteiger charge is 2.30. The molecule has 2 nitrogen and oxygen atoms in total. The summed E-state index contributed by atoms with van der Waals surface area (Å²) in [7, 11) is 0. The lowest BCUT2D eigenvalue weighted by Crippen LogP contribution is -2.36. The molecule has 0 N–H and O–H groups in total. The normalized spacial score (nSPS) is 12.0. The molecule has 0 heterocycles. The van der Waals surface area contributed by atoms with Crippen molar-refractivity contribution in [2.24, 2.45) is 0 Å². The Hall–Kier alpha value is -0.0800. The predicted molar refractivity (Wildman–Crippen MR) is 116 cm³/mol. The van der Waals surface area contributed by atoms with Crippen LogP contribution >= 0.6 is 0 Å². The van der Waals surface area contributed by atoms with Crippen LogP contribution in [0, 0.1) is 0 Å². The van der Waals surface area contributed by atoms with Crippen LogP contribution in [0.5, 0.6) is 0 Å². The number of unbranched alkanes of at least 4 members (excludes halogenated alkanes) is 13. The largest absolute Gasteiger partial charge is 0.350 e. The molecule has 0 saturated carbocycles. The molecule has 0 saturated heterocycles. The van der Waals surface area contributed by atoms with Crippen molar-refractivity contribution in [3.8, 4) is 0 Å². The Labute approximate surface area is 165 Å². The van der Waals surface area contributed by atoms with Gasteiger partial charge in [0.05, 0.1) is 0 Å². The molecule has 0 unspecified atom stereocenters. The van der Waals surface area contributed by atoms with Crippen molar-refractivity contribution in [1.29, 1.82) is 0 Å². The SMILES string of the molecule is CCCCCCCCCCC(CCCCCCCCC)(OCC)OCC. The highest BCUT2D eigenvalue weighted by Crippen LogP contribution is 2.29. The molecule has 0 amide bonds. The van der Waals surface area contributed by atoms with Crippen LogP contribution in [-0.2, 0) is 9.47 Å². The van der Waals surface area contributed by atoms with Crippen LogP contribution in [-0.4, -0.2) is 19.0 Å². The molecule has 0 radical (unpaired) electrons. The molecule has 0 fully saturated rings. The third kappa shape index (κ3) is 15.0. The van der Waals surface area contributed by atoms with Crippen molar-refractivity contribution >= 4 is 0 Å². The van der Waals surface area contributed by atoms with E-state index in [-0.39, 0.29) is 5.79 Å². The minimum atomic E-state index is -0.310. The summed E-state index contributed by atoms with van der Waals surface area (Å²) in [5.41, 5.74) is 0. The van der Waals surface area contributed by atoms with Crippen LogP contribution in [0.4, 0.5) is 0 Å². The molecule has 0 aromatic rings. The third-order valence-electron chi connectivity index (χ3n) is 5.39. The van der Waals surface area contributed by atoms with Gasteiger partial charge in [0.2, 0.25) is 0 Å². The van der Waals surface area contributed by atoms with Gasteiger partial charge in [-0.1, -0.05) is 97.3 Å². The van der Waals surface area contributed by atoms with Crippen molar-refractivity contribution < 1.29 is 9.47 Å². The predicted octanol–water partition coefficient (Wildman–Crippen LogP) is 8.43. The van der Waals surface area contributed by atoms with Gasteiger partial charge in [0.25, 0.3) is 0 Å². The first kappa shape index (κ1) is 25.9. The van der Waals surface area contributed by atoms with Crippen molar-refractivity contribution in [3.63, 3.8) is 0 Å². The van der Waals surface area contributed by atoms with Crippen molar-refractivity contribution in [2.75, 3.05) is 13.2 Å². The van der Waals surface area contributed by atoms with Crippen LogP contribution in [0.25, 0.3) is 0 Å². The second kappa shape index (κ2) is 19.7. The minimum absolute atomic E-state index is 0.310. The van der Waals surface area contributed by atoms with Crippen LogP contribution in [0.2, 0.25) is 0 Å². The van der Waals surface area contributed by atoms with E-state index >= 15 is 0 Å². The third-order valence-corrected chi connectivity index (χ3v) is 5.39. The summed E-state index contributed by atoms with van der Waals surface area (Å²) >= 11 is 0. The number of hydrogen-bond donors (Lipinski definition) is 0. The Morgan fingerprint density at radius 1 is 0.423 bits per heavy atom. The van der Waals surface area contributed by atoms with Crippen molar-refractivity contribution in [2.45, 2.75) is 143 Å². The van der Waals surface area contributed by atoms with Gasteiger partial charge in [-0.15, -0.1) is 0 Å². The zero-order valence-corrected chi connectivity index (χ0v) is 18.8. The molecule has 0 aromatic heterocycles. The van der Waals surface area contributed by atoms with Gasteiger partial charge < -0.3 is 9.47 Å². The molecular weight excluding hydrogens is 320 g/mol. The van der Waals surface area contributed by atoms with Gasteiger partial charge in [0, 0.05) is 26.1 Å². The van der Waals surface area contributed by atoms with Crippen LogP contribution in [0.15, 0.2) is 0 Å². The van der Waals surface area contributed by atoms with Gasteiger partial charge >= 0.3 is 0 Å². The molecule has 2 heteroatoms. The molecule has 0 rings (SSSR count). The highest BCUT2D eigenvalue weighted by atomic mass is 16.7. The first-order valence-corrected chi connectivity index (χ1v) is 12.0. The number of rotatable bonds is 21. The maximum atomic E-state index is 6.15. The van der Waals surface area contributed by atoms with Gasteiger partial charge in [-0.2, -0.15) is 0 Å². The van der Waals surface area contributed by atoms with Crippen molar-refractivity contribution in [3.05, 3.63) is 0 Å². The van der Waals surface area contributed by atoms with E-state index < -0.39 is 0 Å². The monoisotopic (exact) mass is 370 g/mol. The van der Waals surface area contributed by atoms with E-state index in [0.29, 0.717) is 0 Å². The zero-order valence-electron chi connectivity index (χ0n) is 18.8. The maximum absolute atomic E-state index is 6.15. The first-order chi connectivity index (χ1) is 12.7. The Bertz CT molecular complexity index is 259. The highest BCUT2D eigenvalue weighted by molar-refractivity contribution is 4.71. The molecule has 0 aliphatic heterocycles. The fraction of sp³-hybridized carbons (Fsp3) is 1.00. The van der Waals surface area contributed by atoms with Gasteiger partial charge in [-0.25, -0.2) is 0 Å². The average Bonchev–Trinajstić information content (AvgIpc) is 2.63. The molecule has 26 heavy (non-hydrogen) atoms. The topological polar surface area (TPSA) is 18.5 Å². The number of ether oxygens (including phenoxy) is 2. The van der Waals surface area contributed by atoms with Gasteiger partial charge in [0.15, 0.2) is 5.79 Å². The summed E-state index contributed by atoms with van der Waals surface area (Å²) in [6, 6.07) is 0. The second-order valence-corrected chi connectivity index (χ2v) is 7.87. The van der Waals surface area contributed by atoms with Crippen molar-refractivity contribution in [1.82, 2.24) is 0 Å². The molecule has 0 aliphatic rings. The fourth-order valence-corrected chi connectivity index (χ4v) is 3.86. The molecule has 158 valence electrons. The van der Waals surface area contributed by atoms with Gasteiger partial charge in [-0.05, 0) is 26.7 Å². The fourth-order valence-electron chi connectivity index (χ4n) is 3.86. The first-order valence-electron chi connectivity index (χ1n) is 12.0. The Morgan fingerprint density at radius 2 is 0.731 bits per heavy atom. The van der Waals surface area contributed by atoms with E-state index in [2.05, 4.69) is 27.7 Å². The summed E-state index contributed by atoms with van der Waals surface area (Å²) in [6.45, 7) is 10.3. The van der Waals surface area contributed by atoms with E-state index in [1.807, 2.05) is 0 Å². The van der Waals surface area contributed by atoms with Crippen LogP contribution in [0.1, 0.15) is 137 Å². The number of hydrogen-bond acceptors (Lipinski definition) is 2. The maximum Gasteiger partial charge on any atom is 0.168 e. The minimum Gasteiger partial charge on any atom is -0.350 e. The smallest absolute Gasteiger partial charge is 0.168 e. The quantitative estimate of drug-likeness (QED) is 0.149. The van der Waals surface area contributed by atoms with E-state index in [0.717, 1.165) is 26.1 Å². The van der Waals surface area contributed by atoms with E-state index in [4.69, 9.17) is 9.47 Å².